The number of carbonyl (C=O) groups is 2. The van der Waals surface area contributed by atoms with Crippen molar-refractivity contribution in [1.82, 2.24) is 10.2 Å². The molecule has 1 N–H and O–H groups in total. The van der Waals surface area contributed by atoms with E-state index in [1.807, 2.05) is 6.92 Å². The summed E-state index contributed by atoms with van der Waals surface area (Å²) >= 11 is 0. The number of piperazine rings is 1. The number of amides is 2. The normalized spacial score (nSPS) is 27.3. The van der Waals surface area contributed by atoms with Crippen LogP contribution in [0.2, 0.25) is 0 Å². The first-order valence-corrected chi connectivity index (χ1v) is 6.40. The van der Waals surface area contributed by atoms with Gasteiger partial charge < -0.3 is 10.2 Å². The summed E-state index contributed by atoms with van der Waals surface area (Å²) in [5, 5.41) is 2.79. The molecule has 0 bridgehead atoms. The first-order chi connectivity index (χ1) is 7.80. The number of nitrogens with one attached hydrogen (secondary N) is 1. The topological polar surface area (TPSA) is 49.4 Å². The van der Waals surface area contributed by atoms with E-state index in [1.54, 1.807) is 11.8 Å². The largest absolute Gasteiger partial charge is 0.340 e. The van der Waals surface area contributed by atoms with Crippen molar-refractivity contribution in [1.29, 1.82) is 0 Å². The lowest BCUT2D eigenvalue weighted by atomic mass is 9.92. The van der Waals surface area contributed by atoms with Gasteiger partial charge in [0.05, 0.1) is 6.54 Å². The summed E-state index contributed by atoms with van der Waals surface area (Å²) in [5.74, 6) is 0.920. The number of hydrogen-bond acceptors (Lipinski definition) is 2. The average molecular weight is 240 g/mol. The third-order valence-electron chi connectivity index (χ3n) is 3.86. The van der Waals surface area contributed by atoms with Crippen molar-refractivity contribution >= 4 is 11.8 Å². The molecule has 1 aliphatic rings. The second kappa shape index (κ2) is 5.07. The Morgan fingerprint density at radius 1 is 1.35 bits per heavy atom. The van der Waals surface area contributed by atoms with Crippen molar-refractivity contribution in [3.05, 3.63) is 0 Å². The van der Waals surface area contributed by atoms with E-state index in [4.69, 9.17) is 0 Å². The van der Waals surface area contributed by atoms with Gasteiger partial charge in [0.25, 0.3) is 0 Å². The molecule has 1 heterocycles. The van der Waals surface area contributed by atoms with E-state index < -0.39 is 5.54 Å². The lowest BCUT2D eigenvalue weighted by Crippen LogP contribution is -2.65. The molecule has 2 atom stereocenters. The van der Waals surface area contributed by atoms with Crippen molar-refractivity contribution in [2.75, 3.05) is 13.1 Å². The Labute approximate surface area is 104 Å². The maximum absolute atomic E-state index is 12.3. The molecule has 4 heteroatoms. The fourth-order valence-corrected chi connectivity index (χ4v) is 1.94. The van der Waals surface area contributed by atoms with Gasteiger partial charge in [0.15, 0.2) is 0 Å². The predicted octanol–water partition coefficient (Wildman–Crippen LogP) is 1.41. The highest BCUT2D eigenvalue weighted by Gasteiger charge is 2.41. The van der Waals surface area contributed by atoms with Crippen LogP contribution in [-0.4, -0.2) is 35.3 Å². The van der Waals surface area contributed by atoms with E-state index in [2.05, 4.69) is 26.1 Å². The summed E-state index contributed by atoms with van der Waals surface area (Å²) in [6, 6.07) is 0. The SMILES string of the molecule is CCC1(C)NC(=O)CN(CC(C)C(C)C)C1=O. The van der Waals surface area contributed by atoms with E-state index in [0.717, 1.165) is 0 Å². The molecule has 1 saturated heterocycles. The van der Waals surface area contributed by atoms with Crippen LogP contribution in [0.5, 0.6) is 0 Å². The predicted molar refractivity (Wildman–Crippen MR) is 67.4 cm³/mol. The molecule has 0 aliphatic carbocycles. The highest BCUT2D eigenvalue weighted by Crippen LogP contribution is 2.20. The van der Waals surface area contributed by atoms with Gasteiger partial charge in [0.1, 0.15) is 5.54 Å². The first kappa shape index (κ1) is 14.0. The van der Waals surface area contributed by atoms with Crippen LogP contribution in [0, 0.1) is 11.8 Å². The molecule has 0 aromatic rings. The zero-order valence-corrected chi connectivity index (χ0v) is 11.5. The molecule has 4 nitrogen and oxygen atoms in total. The molecule has 0 aromatic carbocycles. The Balaban J connectivity index is 2.78. The van der Waals surface area contributed by atoms with Crippen LogP contribution in [0.4, 0.5) is 0 Å². The van der Waals surface area contributed by atoms with Crippen LogP contribution in [-0.2, 0) is 9.59 Å². The molecule has 1 aliphatic heterocycles. The fourth-order valence-electron chi connectivity index (χ4n) is 1.94. The second-order valence-corrected chi connectivity index (χ2v) is 5.64. The van der Waals surface area contributed by atoms with Gasteiger partial charge in [-0.1, -0.05) is 27.7 Å². The Kier molecular flexibility index (Phi) is 4.17. The Morgan fingerprint density at radius 2 is 1.94 bits per heavy atom. The average Bonchev–Trinajstić information content (AvgIpc) is 2.25. The molecule has 0 spiro atoms. The Hall–Kier alpha value is -1.06. The van der Waals surface area contributed by atoms with Crippen LogP contribution in [0.25, 0.3) is 0 Å². The molecule has 0 saturated carbocycles. The van der Waals surface area contributed by atoms with Gasteiger partial charge in [-0.3, -0.25) is 9.59 Å². The molecule has 98 valence electrons. The van der Waals surface area contributed by atoms with Crippen molar-refractivity contribution in [2.45, 2.75) is 46.6 Å². The summed E-state index contributed by atoms with van der Waals surface area (Å²) in [6.45, 7) is 11.0. The van der Waals surface area contributed by atoms with Gasteiger partial charge in [0.2, 0.25) is 11.8 Å². The molecule has 1 fully saturated rings. The highest BCUT2D eigenvalue weighted by atomic mass is 16.2. The minimum Gasteiger partial charge on any atom is -0.340 e. The molecule has 0 radical (unpaired) electrons. The quantitative estimate of drug-likeness (QED) is 0.807. The first-order valence-electron chi connectivity index (χ1n) is 6.40. The Bertz CT molecular complexity index is 315. The van der Waals surface area contributed by atoms with Crippen molar-refractivity contribution in [3.8, 4) is 0 Å². The molecule has 2 unspecified atom stereocenters. The lowest BCUT2D eigenvalue weighted by molar-refractivity contribution is -0.150. The van der Waals surface area contributed by atoms with Gasteiger partial charge >= 0.3 is 0 Å². The van der Waals surface area contributed by atoms with Gasteiger partial charge in [0, 0.05) is 6.54 Å². The van der Waals surface area contributed by atoms with E-state index in [1.165, 1.54) is 0 Å². The van der Waals surface area contributed by atoms with Crippen LogP contribution < -0.4 is 5.32 Å². The number of carbonyl (C=O) groups excluding carboxylic acids is 2. The van der Waals surface area contributed by atoms with Crippen LogP contribution in [0.1, 0.15) is 41.0 Å². The van der Waals surface area contributed by atoms with Gasteiger partial charge in [-0.25, -0.2) is 0 Å². The summed E-state index contributed by atoms with van der Waals surface area (Å²) in [4.78, 5) is 25.6. The van der Waals surface area contributed by atoms with E-state index in [0.29, 0.717) is 24.8 Å². The molecule has 1 rings (SSSR count). The molecule has 2 amide bonds. The maximum Gasteiger partial charge on any atom is 0.248 e. The smallest absolute Gasteiger partial charge is 0.248 e. The zero-order chi connectivity index (χ0) is 13.2. The minimum absolute atomic E-state index is 0.0482. The van der Waals surface area contributed by atoms with Crippen molar-refractivity contribution < 1.29 is 9.59 Å². The summed E-state index contributed by atoms with van der Waals surface area (Å²) in [7, 11) is 0. The van der Waals surface area contributed by atoms with E-state index in [9.17, 15) is 9.59 Å². The van der Waals surface area contributed by atoms with Crippen LogP contribution >= 0.6 is 0 Å². The van der Waals surface area contributed by atoms with Crippen molar-refractivity contribution in [3.63, 3.8) is 0 Å². The second-order valence-electron chi connectivity index (χ2n) is 5.64. The third-order valence-corrected chi connectivity index (χ3v) is 3.86. The molecular formula is C13H24N2O2. The van der Waals surface area contributed by atoms with Gasteiger partial charge in [-0.05, 0) is 25.2 Å². The lowest BCUT2D eigenvalue weighted by Gasteiger charge is -2.40. The number of rotatable bonds is 4. The summed E-state index contributed by atoms with van der Waals surface area (Å²) in [5.41, 5.74) is -0.716. The number of nitrogens with zero attached hydrogens (tertiary/aromatic N) is 1. The standard InChI is InChI=1S/C13H24N2O2/c1-6-13(5)12(17)15(8-11(16)14-13)7-10(4)9(2)3/h9-10H,6-8H2,1-5H3,(H,14,16). The van der Waals surface area contributed by atoms with Gasteiger partial charge in [-0.15, -0.1) is 0 Å². The summed E-state index contributed by atoms with van der Waals surface area (Å²) in [6.07, 6.45) is 0.629. The zero-order valence-electron chi connectivity index (χ0n) is 11.5. The highest BCUT2D eigenvalue weighted by molar-refractivity contribution is 5.97. The molecule has 0 aromatic heterocycles. The minimum atomic E-state index is -0.716. The van der Waals surface area contributed by atoms with Crippen LogP contribution in [0.3, 0.4) is 0 Å². The maximum atomic E-state index is 12.3. The number of hydrogen-bond donors (Lipinski definition) is 1. The fraction of sp³-hybridized carbons (Fsp3) is 0.846. The molecule has 17 heavy (non-hydrogen) atoms. The van der Waals surface area contributed by atoms with E-state index in [-0.39, 0.29) is 18.4 Å². The van der Waals surface area contributed by atoms with Gasteiger partial charge in [-0.2, -0.15) is 0 Å². The Morgan fingerprint density at radius 3 is 2.41 bits per heavy atom. The van der Waals surface area contributed by atoms with Crippen LogP contribution in [0.15, 0.2) is 0 Å². The van der Waals surface area contributed by atoms with E-state index >= 15 is 0 Å². The third kappa shape index (κ3) is 2.99. The van der Waals surface area contributed by atoms with Crippen molar-refractivity contribution in [2.24, 2.45) is 11.8 Å². The summed E-state index contributed by atoms with van der Waals surface area (Å²) < 4.78 is 0. The monoisotopic (exact) mass is 240 g/mol. The molecular weight excluding hydrogens is 216 g/mol.